The number of hydrogen-bond acceptors (Lipinski definition) is 4. The van der Waals surface area contributed by atoms with Crippen molar-refractivity contribution in [2.24, 2.45) is 0 Å². The summed E-state index contributed by atoms with van der Waals surface area (Å²) in [5, 5.41) is 5.21. The minimum Gasteiger partial charge on any atom is -0.462 e. The number of benzene rings is 4. The standard InChI is InChI=1S/C52H49N5O.Pt/c1-32-34(3)56-31-40(29-46(49(56)54-32)58-47-30-37(24-25-53-47)50(5,6)7)52(44-22-16-14-20-42(44)43-21-15-17-23-45(43)52)39-26-38(51(8,9)10)27-41(28-39)57-35(4)48(33(2)55-57)36-18-12-11-13-19-36;/h11-27,30-31H,1-10H3;/q-2;+2. The molecule has 0 spiro atoms. The van der Waals surface area contributed by atoms with E-state index in [-0.39, 0.29) is 31.9 Å². The molecule has 7 heteroatoms. The molecule has 1 aliphatic rings. The second-order valence-corrected chi connectivity index (χ2v) is 17.8. The molecule has 59 heavy (non-hydrogen) atoms. The van der Waals surface area contributed by atoms with Crippen molar-refractivity contribution in [3.63, 3.8) is 0 Å². The third-order valence-corrected chi connectivity index (χ3v) is 12.0. The van der Waals surface area contributed by atoms with Crippen molar-refractivity contribution in [3.05, 3.63) is 184 Å². The van der Waals surface area contributed by atoms with Gasteiger partial charge in [0.15, 0.2) is 0 Å². The SMILES string of the molecule is Cc1nn(-c2[c-]c(C3(c4[c-]c(Oc5cc(C(C)(C)C)ccn5)c5nc(C)c(C)n5c4)c4ccccc4-c4ccccc43)cc(C(C)(C)C)c2)c(C)c1-c1ccccc1.[Pt+2]. The fraction of sp³-hybridized carbons (Fsp3) is 0.250. The van der Waals surface area contributed by atoms with Crippen LogP contribution in [0.4, 0.5) is 0 Å². The maximum absolute atomic E-state index is 6.82. The first kappa shape index (κ1) is 40.2. The predicted molar refractivity (Wildman–Crippen MR) is 233 cm³/mol. The van der Waals surface area contributed by atoms with Crippen LogP contribution in [-0.4, -0.2) is 24.1 Å². The Bertz CT molecular complexity index is 2840. The molecule has 4 aromatic heterocycles. The van der Waals surface area contributed by atoms with Gasteiger partial charge >= 0.3 is 21.1 Å². The number of ether oxygens (including phenoxy) is 1. The fourth-order valence-electron chi connectivity index (χ4n) is 8.75. The molecule has 0 bridgehead atoms. The Morgan fingerprint density at radius 1 is 0.644 bits per heavy atom. The molecule has 0 N–H and O–H groups in total. The minimum absolute atomic E-state index is 0. The van der Waals surface area contributed by atoms with Crippen molar-refractivity contribution in [1.82, 2.24) is 24.1 Å². The molecule has 0 atom stereocenters. The first-order valence-electron chi connectivity index (χ1n) is 20.1. The van der Waals surface area contributed by atoms with Crippen molar-refractivity contribution >= 4 is 5.65 Å². The van der Waals surface area contributed by atoms with Gasteiger partial charge in [0.25, 0.3) is 0 Å². The van der Waals surface area contributed by atoms with Gasteiger partial charge in [-0.25, -0.2) is 4.98 Å². The zero-order valence-electron chi connectivity index (χ0n) is 35.4. The molecular formula is C52H49N5OPt. The van der Waals surface area contributed by atoms with Crippen molar-refractivity contribution in [2.45, 2.75) is 85.5 Å². The van der Waals surface area contributed by atoms with Crippen LogP contribution in [0.3, 0.4) is 0 Å². The van der Waals surface area contributed by atoms with Gasteiger partial charge in [0.2, 0.25) is 5.88 Å². The van der Waals surface area contributed by atoms with Crippen LogP contribution < -0.4 is 4.74 Å². The van der Waals surface area contributed by atoms with Crippen molar-refractivity contribution in [3.8, 4) is 39.6 Å². The van der Waals surface area contributed by atoms with Gasteiger partial charge in [-0.3, -0.25) is 9.67 Å². The van der Waals surface area contributed by atoms with Gasteiger partial charge in [0.05, 0.1) is 17.1 Å². The predicted octanol–water partition coefficient (Wildman–Crippen LogP) is 12.2. The summed E-state index contributed by atoms with van der Waals surface area (Å²) in [5.41, 5.74) is 15.7. The molecule has 0 amide bonds. The van der Waals surface area contributed by atoms with E-state index in [1.165, 1.54) is 16.7 Å². The molecule has 0 radical (unpaired) electrons. The number of fused-ring (bicyclic) bond motifs is 4. The smallest absolute Gasteiger partial charge is 0.462 e. The second-order valence-electron chi connectivity index (χ2n) is 17.8. The van der Waals surface area contributed by atoms with E-state index in [2.05, 4.69) is 192 Å². The van der Waals surface area contributed by atoms with E-state index in [4.69, 9.17) is 14.8 Å². The molecule has 0 fully saturated rings. The minimum atomic E-state index is -0.848. The number of aryl methyl sites for hydroxylation is 3. The van der Waals surface area contributed by atoms with Crippen LogP contribution in [0.5, 0.6) is 11.6 Å². The van der Waals surface area contributed by atoms with E-state index in [0.717, 1.165) is 67.4 Å². The second kappa shape index (κ2) is 14.6. The zero-order valence-corrected chi connectivity index (χ0v) is 37.7. The molecule has 9 rings (SSSR count). The van der Waals surface area contributed by atoms with E-state index in [1.54, 1.807) is 0 Å². The summed E-state index contributed by atoms with van der Waals surface area (Å²) in [7, 11) is 0. The largest absolute Gasteiger partial charge is 2.00 e. The van der Waals surface area contributed by atoms with Gasteiger partial charge < -0.3 is 9.14 Å². The normalized spacial score (nSPS) is 13.3. The van der Waals surface area contributed by atoms with Gasteiger partial charge in [0.1, 0.15) is 0 Å². The molecule has 4 aromatic carbocycles. The van der Waals surface area contributed by atoms with Crippen molar-refractivity contribution in [2.75, 3.05) is 0 Å². The van der Waals surface area contributed by atoms with E-state index >= 15 is 0 Å². The van der Waals surface area contributed by atoms with E-state index in [9.17, 15) is 0 Å². The van der Waals surface area contributed by atoms with Gasteiger partial charge in [-0.05, 0) is 83.7 Å². The molecule has 0 saturated carbocycles. The molecule has 0 unspecified atom stereocenters. The molecule has 6 nitrogen and oxygen atoms in total. The Hall–Kier alpha value is -5.58. The Labute approximate surface area is 362 Å². The average molecular weight is 955 g/mol. The number of hydrogen-bond donors (Lipinski definition) is 0. The fourth-order valence-corrected chi connectivity index (χ4v) is 8.75. The first-order chi connectivity index (χ1) is 27.7. The zero-order chi connectivity index (χ0) is 40.7. The summed E-state index contributed by atoms with van der Waals surface area (Å²) >= 11 is 0. The van der Waals surface area contributed by atoms with Crippen LogP contribution >= 0.6 is 0 Å². The van der Waals surface area contributed by atoms with Gasteiger partial charge in [0, 0.05) is 40.3 Å². The Kier molecular flexibility index (Phi) is 9.95. The van der Waals surface area contributed by atoms with E-state index < -0.39 is 5.41 Å². The molecular weight excluding hydrogens is 906 g/mol. The van der Waals surface area contributed by atoms with Crippen molar-refractivity contribution in [1.29, 1.82) is 0 Å². The van der Waals surface area contributed by atoms with Gasteiger partial charge in [-0.2, -0.15) is 22.8 Å². The Morgan fingerprint density at radius 3 is 1.92 bits per heavy atom. The van der Waals surface area contributed by atoms with E-state index in [0.29, 0.717) is 17.3 Å². The molecule has 8 aromatic rings. The number of pyridine rings is 2. The van der Waals surface area contributed by atoms with Gasteiger partial charge in [-0.15, -0.1) is 23.3 Å². The van der Waals surface area contributed by atoms with Crippen LogP contribution in [0.25, 0.3) is 33.6 Å². The monoisotopic (exact) mass is 954 g/mol. The van der Waals surface area contributed by atoms with E-state index in [1.807, 2.05) is 19.2 Å². The van der Waals surface area contributed by atoms with Crippen molar-refractivity contribution < 1.29 is 25.8 Å². The number of imidazole rings is 1. The van der Waals surface area contributed by atoms with Gasteiger partial charge in [-0.1, -0.05) is 127 Å². The summed E-state index contributed by atoms with van der Waals surface area (Å²) in [5.74, 6) is 1.02. The maximum atomic E-state index is 6.82. The Morgan fingerprint density at radius 2 is 1.27 bits per heavy atom. The Balaban J connectivity index is 0.00000484. The molecule has 1 aliphatic carbocycles. The summed E-state index contributed by atoms with van der Waals surface area (Å²) in [6.07, 6.45) is 4.03. The number of rotatable bonds is 6. The average Bonchev–Trinajstić information content (AvgIpc) is 3.79. The number of aromatic nitrogens is 5. The number of nitrogens with zero attached hydrogens (tertiary/aromatic N) is 5. The van der Waals surface area contributed by atoms with Crippen LogP contribution in [0.15, 0.2) is 116 Å². The summed E-state index contributed by atoms with van der Waals surface area (Å²) in [6, 6.07) is 44.7. The topological polar surface area (TPSA) is 57.2 Å². The first-order valence-corrected chi connectivity index (χ1v) is 20.1. The maximum Gasteiger partial charge on any atom is 2.00 e. The quantitative estimate of drug-likeness (QED) is 0.156. The molecule has 0 saturated heterocycles. The van der Waals surface area contributed by atoms with Crippen LogP contribution in [0, 0.1) is 39.8 Å². The molecule has 4 heterocycles. The molecule has 0 aliphatic heterocycles. The van der Waals surface area contributed by atoms with Crippen LogP contribution in [-0.2, 0) is 37.3 Å². The summed E-state index contributed by atoms with van der Waals surface area (Å²) in [4.78, 5) is 9.72. The summed E-state index contributed by atoms with van der Waals surface area (Å²) < 4.78 is 11.1. The molecule has 298 valence electrons. The van der Waals surface area contributed by atoms with Crippen LogP contribution in [0.1, 0.15) is 97.7 Å². The third kappa shape index (κ3) is 6.57. The van der Waals surface area contributed by atoms with Crippen LogP contribution in [0.2, 0.25) is 0 Å². The third-order valence-electron chi connectivity index (χ3n) is 12.0. The summed E-state index contributed by atoms with van der Waals surface area (Å²) in [6.45, 7) is 21.8.